The Morgan fingerprint density at radius 2 is 1.96 bits per heavy atom. The standard InChI is InChI=1S/C20H19ClF2N2O3/c1-24(11-13-3-6-17(27-2)18(9-13)28-20(22)23)19(26)12-25-8-7-14-4-5-15(21)10-16(14)25/h3-10,20H,11-12H2,1-2H3. The summed E-state index contributed by atoms with van der Waals surface area (Å²) in [6.07, 6.45) is 1.83. The molecule has 0 saturated heterocycles. The highest BCUT2D eigenvalue weighted by Gasteiger charge is 2.15. The first-order chi connectivity index (χ1) is 13.4. The molecule has 3 rings (SSSR count). The van der Waals surface area contributed by atoms with Gasteiger partial charge in [0.05, 0.1) is 7.11 Å². The van der Waals surface area contributed by atoms with Gasteiger partial charge in [-0.05, 0) is 41.3 Å². The summed E-state index contributed by atoms with van der Waals surface area (Å²) < 4.78 is 36.5. The quantitative estimate of drug-likeness (QED) is 0.575. The number of benzene rings is 2. The zero-order chi connectivity index (χ0) is 20.3. The number of alkyl halides is 2. The van der Waals surface area contributed by atoms with E-state index in [4.69, 9.17) is 16.3 Å². The van der Waals surface area contributed by atoms with Crippen molar-refractivity contribution >= 4 is 28.4 Å². The molecule has 0 aliphatic carbocycles. The number of ether oxygens (including phenoxy) is 2. The van der Waals surface area contributed by atoms with Gasteiger partial charge >= 0.3 is 6.61 Å². The maximum Gasteiger partial charge on any atom is 0.387 e. The number of amides is 1. The topological polar surface area (TPSA) is 43.7 Å². The number of likely N-dealkylation sites (N-methyl/N-ethyl adjacent to an activating group) is 1. The lowest BCUT2D eigenvalue weighted by atomic mass is 10.2. The number of hydrogen-bond donors (Lipinski definition) is 0. The van der Waals surface area contributed by atoms with Crippen LogP contribution in [0.1, 0.15) is 5.56 Å². The normalized spacial score (nSPS) is 11.1. The number of hydrogen-bond acceptors (Lipinski definition) is 3. The van der Waals surface area contributed by atoms with Gasteiger partial charge in [-0.15, -0.1) is 0 Å². The summed E-state index contributed by atoms with van der Waals surface area (Å²) in [7, 11) is 3.02. The van der Waals surface area contributed by atoms with Gasteiger partial charge in [0.15, 0.2) is 11.5 Å². The van der Waals surface area contributed by atoms with Crippen LogP contribution in [0.5, 0.6) is 11.5 Å². The second-order valence-corrected chi connectivity index (χ2v) is 6.70. The van der Waals surface area contributed by atoms with Crippen LogP contribution in [0.15, 0.2) is 48.7 Å². The van der Waals surface area contributed by atoms with Crippen LogP contribution >= 0.6 is 11.6 Å². The van der Waals surface area contributed by atoms with Crippen molar-refractivity contribution in [2.75, 3.05) is 14.2 Å². The van der Waals surface area contributed by atoms with Crippen LogP contribution in [0, 0.1) is 0 Å². The Kier molecular flexibility index (Phi) is 6.04. The molecule has 1 aromatic heterocycles. The molecule has 148 valence electrons. The van der Waals surface area contributed by atoms with E-state index in [0.29, 0.717) is 10.6 Å². The molecule has 0 N–H and O–H groups in total. The van der Waals surface area contributed by atoms with Crippen LogP contribution in [0.2, 0.25) is 5.02 Å². The minimum Gasteiger partial charge on any atom is -0.493 e. The van der Waals surface area contributed by atoms with E-state index >= 15 is 0 Å². The number of rotatable bonds is 7. The highest BCUT2D eigenvalue weighted by Crippen LogP contribution is 2.30. The molecule has 0 fully saturated rings. The molecule has 0 aliphatic rings. The fourth-order valence-electron chi connectivity index (χ4n) is 2.93. The third kappa shape index (κ3) is 4.54. The summed E-state index contributed by atoms with van der Waals surface area (Å²) in [5.74, 6) is 0.000218. The summed E-state index contributed by atoms with van der Waals surface area (Å²) in [4.78, 5) is 14.1. The van der Waals surface area contributed by atoms with Crippen molar-refractivity contribution in [3.05, 3.63) is 59.2 Å². The van der Waals surface area contributed by atoms with Crippen LogP contribution in [0.3, 0.4) is 0 Å². The summed E-state index contributed by atoms with van der Waals surface area (Å²) >= 11 is 6.05. The molecule has 8 heteroatoms. The Morgan fingerprint density at radius 1 is 1.18 bits per heavy atom. The fourth-order valence-corrected chi connectivity index (χ4v) is 3.10. The van der Waals surface area contributed by atoms with E-state index in [1.807, 2.05) is 29.0 Å². The second kappa shape index (κ2) is 8.48. The molecule has 3 aromatic rings. The molecule has 2 aromatic carbocycles. The van der Waals surface area contributed by atoms with Crippen molar-refractivity contribution in [1.29, 1.82) is 0 Å². The highest BCUT2D eigenvalue weighted by atomic mass is 35.5. The first-order valence-corrected chi connectivity index (χ1v) is 8.85. The zero-order valence-corrected chi connectivity index (χ0v) is 16.1. The van der Waals surface area contributed by atoms with Gasteiger partial charge in [-0.3, -0.25) is 4.79 Å². The molecule has 0 radical (unpaired) electrons. The van der Waals surface area contributed by atoms with Gasteiger partial charge in [0, 0.05) is 30.3 Å². The van der Waals surface area contributed by atoms with Crippen molar-refractivity contribution in [1.82, 2.24) is 9.47 Å². The van der Waals surface area contributed by atoms with Crippen molar-refractivity contribution in [2.45, 2.75) is 19.7 Å². The number of halogens is 3. The van der Waals surface area contributed by atoms with Crippen LogP contribution in [0.4, 0.5) is 8.78 Å². The van der Waals surface area contributed by atoms with Crippen molar-refractivity contribution in [3.63, 3.8) is 0 Å². The Bertz CT molecular complexity index is 991. The molecule has 0 aliphatic heterocycles. The van der Waals surface area contributed by atoms with Crippen molar-refractivity contribution in [3.8, 4) is 11.5 Å². The molecule has 5 nitrogen and oxygen atoms in total. The maximum atomic E-state index is 12.6. The monoisotopic (exact) mass is 408 g/mol. The lowest BCUT2D eigenvalue weighted by Crippen LogP contribution is -2.29. The number of methoxy groups -OCH3 is 1. The van der Waals surface area contributed by atoms with Crippen molar-refractivity contribution < 1.29 is 23.0 Å². The summed E-state index contributed by atoms with van der Waals surface area (Å²) in [6, 6.07) is 12.1. The molecule has 1 heterocycles. The van der Waals surface area contributed by atoms with E-state index in [2.05, 4.69) is 4.74 Å². The third-order valence-corrected chi connectivity index (χ3v) is 4.57. The van der Waals surface area contributed by atoms with Crippen LogP contribution in [0.25, 0.3) is 10.9 Å². The highest BCUT2D eigenvalue weighted by molar-refractivity contribution is 6.31. The van der Waals surface area contributed by atoms with E-state index < -0.39 is 6.61 Å². The molecule has 1 amide bonds. The molecule has 0 bridgehead atoms. The largest absolute Gasteiger partial charge is 0.493 e. The van der Waals surface area contributed by atoms with Crippen LogP contribution < -0.4 is 9.47 Å². The van der Waals surface area contributed by atoms with Gasteiger partial charge in [-0.1, -0.05) is 23.7 Å². The number of nitrogens with zero attached hydrogens (tertiary/aromatic N) is 2. The Hall–Kier alpha value is -2.80. The predicted octanol–water partition coefficient (Wildman–Crippen LogP) is 4.56. The number of carbonyl (C=O) groups excluding carboxylic acids is 1. The lowest BCUT2D eigenvalue weighted by molar-refractivity contribution is -0.131. The Morgan fingerprint density at radius 3 is 2.68 bits per heavy atom. The van der Waals surface area contributed by atoms with E-state index in [-0.39, 0.29) is 30.5 Å². The van der Waals surface area contributed by atoms with Crippen LogP contribution in [-0.4, -0.2) is 36.1 Å². The van der Waals surface area contributed by atoms with Crippen molar-refractivity contribution in [2.24, 2.45) is 0 Å². The molecular formula is C20H19ClF2N2O3. The van der Waals surface area contributed by atoms with E-state index in [1.54, 1.807) is 19.2 Å². The average Bonchev–Trinajstić information content (AvgIpc) is 3.03. The summed E-state index contributed by atoms with van der Waals surface area (Å²) in [5.41, 5.74) is 1.51. The van der Waals surface area contributed by atoms with Crippen LogP contribution in [-0.2, 0) is 17.9 Å². The zero-order valence-electron chi connectivity index (χ0n) is 15.4. The minimum atomic E-state index is -2.96. The molecule has 0 unspecified atom stereocenters. The Labute approximate surface area is 166 Å². The smallest absolute Gasteiger partial charge is 0.387 e. The van der Waals surface area contributed by atoms with E-state index in [1.165, 1.54) is 24.1 Å². The average molecular weight is 409 g/mol. The molecule has 28 heavy (non-hydrogen) atoms. The van der Waals surface area contributed by atoms with Gasteiger partial charge < -0.3 is 18.9 Å². The third-order valence-electron chi connectivity index (χ3n) is 4.33. The Balaban J connectivity index is 1.72. The second-order valence-electron chi connectivity index (χ2n) is 6.26. The predicted molar refractivity (Wildman–Crippen MR) is 103 cm³/mol. The summed E-state index contributed by atoms with van der Waals surface area (Å²) in [6.45, 7) is -2.59. The SMILES string of the molecule is COc1ccc(CN(C)C(=O)Cn2ccc3ccc(Cl)cc32)cc1OC(F)F. The molecule has 0 saturated carbocycles. The summed E-state index contributed by atoms with van der Waals surface area (Å²) in [5, 5.41) is 1.59. The number of carbonyl (C=O) groups is 1. The van der Waals surface area contributed by atoms with Gasteiger partial charge in [-0.25, -0.2) is 0 Å². The molecular weight excluding hydrogens is 390 g/mol. The van der Waals surface area contributed by atoms with E-state index in [9.17, 15) is 13.6 Å². The first kappa shape index (κ1) is 19.9. The first-order valence-electron chi connectivity index (χ1n) is 8.47. The molecule has 0 spiro atoms. The molecule has 0 atom stereocenters. The maximum absolute atomic E-state index is 12.6. The van der Waals surface area contributed by atoms with Gasteiger partial charge in [0.1, 0.15) is 6.54 Å². The minimum absolute atomic E-state index is 0.0677. The number of fused-ring (bicyclic) bond motifs is 1. The number of aromatic nitrogens is 1. The fraction of sp³-hybridized carbons (Fsp3) is 0.250. The van der Waals surface area contributed by atoms with Gasteiger partial charge in [0.25, 0.3) is 0 Å². The van der Waals surface area contributed by atoms with E-state index in [0.717, 1.165) is 10.9 Å². The lowest BCUT2D eigenvalue weighted by Gasteiger charge is -2.19. The van der Waals surface area contributed by atoms with Gasteiger partial charge in [0.2, 0.25) is 5.91 Å². The van der Waals surface area contributed by atoms with Gasteiger partial charge in [-0.2, -0.15) is 8.78 Å².